The van der Waals surface area contributed by atoms with Crippen molar-refractivity contribution in [3.05, 3.63) is 35.9 Å². The van der Waals surface area contributed by atoms with Crippen molar-refractivity contribution >= 4 is 0 Å². The van der Waals surface area contributed by atoms with E-state index in [1.54, 1.807) is 37.4 Å². The molecule has 0 unspecified atom stereocenters. The summed E-state index contributed by atoms with van der Waals surface area (Å²) in [6.07, 6.45) is -4.89. The molecule has 0 fully saturated rings. The van der Waals surface area contributed by atoms with Crippen molar-refractivity contribution in [3.63, 3.8) is 0 Å². The molecular weight excluding hydrogens is 203 g/mol. The van der Waals surface area contributed by atoms with Crippen LogP contribution in [0.4, 0.5) is 13.2 Å². The van der Waals surface area contributed by atoms with E-state index in [0.717, 1.165) is 5.56 Å². The highest BCUT2D eigenvalue weighted by molar-refractivity contribution is 5.20. The van der Waals surface area contributed by atoms with Crippen LogP contribution >= 0.6 is 0 Å². The molecule has 0 aliphatic rings. The number of likely N-dealkylation sites (N-methyl/N-ethyl adjacent to an activating group) is 1. The van der Waals surface area contributed by atoms with Crippen LogP contribution in [0.2, 0.25) is 0 Å². The Bertz CT molecular complexity index is 282. The Kier molecular flexibility index (Phi) is 4.15. The molecule has 0 heterocycles. The van der Waals surface area contributed by atoms with E-state index < -0.39 is 18.5 Å². The fraction of sp³-hybridized carbons (Fsp3) is 0.455. The minimum Gasteiger partial charge on any atom is -0.319 e. The minimum atomic E-state index is -4.11. The number of hydrogen-bond acceptors (Lipinski definition) is 1. The summed E-state index contributed by atoms with van der Waals surface area (Å²) in [6.45, 7) is 0.337. The van der Waals surface area contributed by atoms with Crippen LogP contribution in [0.5, 0.6) is 0 Å². The lowest BCUT2D eigenvalue weighted by Gasteiger charge is -2.18. The zero-order chi connectivity index (χ0) is 11.3. The van der Waals surface area contributed by atoms with Crippen LogP contribution in [0.25, 0.3) is 0 Å². The van der Waals surface area contributed by atoms with Crippen LogP contribution in [0.15, 0.2) is 30.3 Å². The largest absolute Gasteiger partial charge is 0.389 e. The smallest absolute Gasteiger partial charge is 0.319 e. The van der Waals surface area contributed by atoms with Gasteiger partial charge in [0.1, 0.15) is 0 Å². The van der Waals surface area contributed by atoms with Crippen LogP contribution < -0.4 is 5.32 Å². The molecule has 1 atom stereocenters. The third kappa shape index (κ3) is 4.34. The molecule has 4 heteroatoms. The first-order valence-electron chi connectivity index (χ1n) is 4.79. The molecule has 0 saturated carbocycles. The van der Waals surface area contributed by atoms with Gasteiger partial charge < -0.3 is 5.32 Å². The third-order valence-corrected chi connectivity index (χ3v) is 2.20. The van der Waals surface area contributed by atoms with Crippen molar-refractivity contribution in [2.45, 2.75) is 18.5 Å². The summed E-state index contributed by atoms with van der Waals surface area (Å²) in [7, 11) is 1.66. The maximum absolute atomic E-state index is 12.3. The Hall–Kier alpha value is -1.03. The third-order valence-electron chi connectivity index (χ3n) is 2.20. The lowest BCUT2D eigenvalue weighted by Crippen LogP contribution is -2.23. The average Bonchev–Trinajstić information content (AvgIpc) is 2.17. The number of rotatable bonds is 4. The number of alkyl halides is 3. The topological polar surface area (TPSA) is 12.0 Å². The normalized spacial score (nSPS) is 13.9. The Labute approximate surface area is 87.3 Å². The summed E-state index contributed by atoms with van der Waals surface area (Å²) in [5.74, 6) is -0.504. The first kappa shape index (κ1) is 12.0. The van der Waals surface area contributed by atoms with Crippen LogP contribution in [-0.2, 0) is 0 Å². The molecule has 1 aromatic rings. The van der Waals surface area contributed by atoms with Crippen LogP contribution in [0.3, 0.4) is 0 Å². The highest BCUT2D eigenvalue weighted by Gasteiger charge is 2.32. The van der Waals surface area contributed by atoms with Gasteiger partial charge in [-0.1, -0.05) is 30.3 Å². The summed E-state index contributed by atoms with van der Waals surface area (Å²) >= 11 is 0. The summed E-state index contributed by atoms with van der Waals surface area (Å²) in [5, 5.41) is 2.79. The van der Waals surface area contributed by atoms with E-state index in [2.05, 4.69) is 5.32 Å². The zero-order valence-electron chi connectivity index (χ0n) is 8.51. The molecule has 1 aromatic carbocycles. The average molecular weight is 217 g/mol. The molecule has 1 N–H and O–H groups in total. The van der Waals surface area contributed by atoms with Gasteiger partial charge >= 0.3 is 6.18 Å². The van der Waals surface area contributed by atoms with Crippen molar-refractivity contribution in [1.82, 2.24) is 5.32 Å². The molecule has 0 aliphatic carbocycles. The highest BCUT2D eigenvalue weighted by atomic mass is 19.4. The summed E-state index contributed by atoms with van der Waals surface area (Å²) < 4.78 is 36.9. The Morgan fingerprint density at radius 3 is 2.27 bits per heavy atom. The van der Waals surface area contributed by atoms with E-state index in [9.17, 15) is 13.2 Å². The minimum absolute atomic E-state index is 0.337. The maximum Gasteiger partial charge on any atom is 0.389 e. The van der Waals surface area contributed by atoms with E-state index in [1.807, 2.05) is 0 Å². The summed E-state index contributed by atoms with van der Waals surface area (Å²) in [6, 6.07) is 8.78. The lowest BCUT2D eigenvalue weighted by atomic mass is 9.95. The molecule has 0 bridgehead atoms. The van der Waals surface area contributed by atoms with Crippen molar-refractivity contribution in [3.8, 4) is 0 Å². The molecule has 0 radical (unpaired) electrons. The van der Waals surface area contributed by atoms with Crippen molar-refractivity contribution < 1.29 is 13.2 Å². The van der Waals surface area contributed by atoms with Gasteiger partial charge in [0.15, 0.2) is 0 Å². The van der Waals surface area contributed by atoms with Gasteiger partial charge in [0, 0.05) is 12.5 Å². The lowest BCUT2D eigenvalue weighted by molar-refractivity contribution is -0.138. The predicted molar refractivity (Wildman–Crippen MR) is 53.8 cm³/mol. The summed E-state index contributed by atoms with van der Waals surface area (Å²) in [5.41, 5.74) is 0.726. The van der Waals surface area contributed by atoms with E-state index >= 15 is 0 Å². The van der Waals surface area contributed by atoms with Crippen LogP contribution in [0.1, 0.15) is 17.9 Å². The monoisotopic (exact) mass is 217 g/mol. The van der Waals surface area contributed by atoms with E-state index in [0.29, 0.717) is 6.54 Å². The number of benzene rings is 1. The Morgan fingerprint density at radius 1 is 1.20 bits per heavy atom. The molecule has 1 rings (SSSR count). The van der Waals surface area contributed by atoms with E-state index in [1.165, 1.54) is 0 Å². The molecule has 84 valence electrons. The standard InChI is InChI=1S/C11H14F3N/c1-15-8-10(7-11(12,13)14)9-5-3-2-4-6-9/h2-6,10,15H,7-8H2,1H3/t10-/m0/s1. The van der Waals surface area contributed by atoms with Crippen LogP contribution in [0, 0.1) is 0 Å². The van der Waals surface area contributed by atoms with E-state index in [-0.39, 0.29) is 0 Å². The quantitative estimate of drug-likeness (QED) is 0.817. The SMILES string of the molecule is CNC[C@H](CC(F)(F)F)c1ccccc1. The molecule has 0 aliphatic heterocycles. The first-order chi connectivity index (χ1) is 7.03. The fourth-order valence-electron chi connectivity index (χ4n) is 1.56. The van der Waals surface area contributed by atoms with Gasteiger partial charge in [-0.25, -0.2) is 0 Å². The zero-order valence-corrected chi connectivity index (χ0v) is 8.51. The van der Waals surface area contributed by atoms with Crippen LogP contribution in [-0.4, -0.2) is 19.8 Å². The van der Waals surface area contributed by atoms with Gasteiger partial charge in [0.25, 0.3) is 0 Å². The van der Waals surface area contributed by atoms with Gasteiger partial charge in [-0.2, -0.15) is 13.2 Å². The van der Waals surface area contributed by atoms with E-state index in [4.69, 9.17) is 0 Å². The second-order valence-electron chi connectivity index (χ2n) is 3.48. The molecule has 0 amide bonds. The second kappa shape index (κ2) is 5.16. The fourth-order valence-corrected chi connectivity index (χ4v) is 1.56. The second-order valence-corrected chi connectivity index (χ2v) is 3.48. The molecule has 0 saturated heterocycles. The predicted octanol–water partition coefficient (Wildman–Crippen LogP) is 2.94. The van der Waals surface area contributed by atoms with Gasteiger partial charge in [0.05, 0.1) is 6.42 Å². The first-order valence-corrected chi connectivity index (χ1v) is 4.79. The van der Waals surface area contributed by atoms with Gasteiger partial charge in [-0.05, 0) is 12.6 Å². The highest BCUT2D eigenvalue weighted by Crippen LogP contribution is 2.30. The van der Waals surface area contributed by atoms with Crippen molar-refractivity contribution in [1.29, 1.82) is 0 Å². The van der Waals surface area contributed by atoms with Gasteiger partial charge in [-0.3, -0.25) is 0 Å². The molecule has 15 heavy (non-hydrogen) atoms. The molecule has 0 spiro atoms. The number of nitrogens with one attached hydrogen (secondary N) is 1. The molecular formula is C11H14F3N. The summed E-state index contributed by atoms with van der Waals surface area (Å²) in [4.78, 5) is 0. The Morgan fingerprint density at radius 2 is 1.80 bits per heavy atom. The number of halogens is 3. The maximum atomic E-state index is 12.3. The molecule has 0 aromatic heterocycles. The van der Waals surface area contributed by atoms with Crippen molar-refractivity contribution in [2.75, 3.05) is 13.6 Å². The molecule has 1 nitrogen and oxygen atoms in total. The van der Waals surface area contributed by atoms with Gasteiger partial charge in [0.2, 0.25) is 0 Å². The number of hydrogen-bond donors (Lipinski definition) is 1. The van der Waals surface area contributed by atoms with Crippen molar-refractivity contribution in [2.24, 2.45) is 0 Å². The Balaban J connectivity index is 2.75. The van der Waals surface area contributed by atoms with Gasteiger partial charge in [-0.15, -0.1) is 0 Å².